The first-order chi connectivity index (χ1) is 60.3. The summed E-state index contributed by atoms with van der Waals surface area (Å²) in [7, 11) is 11.8. The van der Waals surface area contributed by atoms with Crippen LogP contribution in [-0.2, 0) is 59.5 Å². The smallest absolute Gasteiger partial charge is 0.419 e. The average Bonchev–Trinajstić information content (AvgIpc) is 1.19. The third-order valence-corrected chi connectivity index (χ3v) is 26.3. The number of piperazine rings is 3. The number of para-hydroxylation sites is 1. The summed E-state index contributed by atoms with van der Waals surface area (Å²) in [6.07, 6.45) is 9.82. The Hall–Kier alpha value is -10.2. The van der Waals surface area contributed by atoms with Crippen LogP contribution in [0.25, 0.3) is 14.5 Å². The number of likely N-dealkylation sites (N-methyl/N-ethyl adjacent to an activating group) is 4. The summed E-state index contributed by atoms with van der Waals surface area (Å²) in [4.78, 5) is 105. The first kappa shape index (κ1) is 92.5. The molecule has 6 atom stereocenters. The van der Waals surface area contributed by atoms with Gasteiger partial charge in [0.2, 0.25) is 37.4 Å². The van der Waals surface area contributed by atoms with E-state index in [4.69, 9.17) is 115 Å². The highest BCUT2D eigenvalue weighted by molar-refractivity contribution is 6.43. The van der Waals surface area contributed by atoms with E-state index in [-0.39, 0.29) is 84.8 Å². The van der Waals surface area contributed by atoms with Gasteiger partial charge in [-0.05, 0) is 161 Å². The second-order valence-electron chi connectivity index (χ2n) is 33.0. The van der Waals surface area contributed by atoms with Gasteiger partial charge in [0.25, 0.3) is 0 Å². The number of methoxy groups -OCH3 is 1. The number of hydrogen-bond donors (Lipinski definition) is 0. The number of rotatable bonds is 24. The fourth-order valence-corrected chi connectivity index (χ4v) is 19.0. The molecule has 0 spiro atoms. The third-order valence-electron chi connectivity index (χ3n) is 24.9. The molecule has 666 valence electrons. The lowest BCUT2D eigenvalue weighted by molar-refractivity contribution is -0.137. The lowest BCUT2D eigenvalue weighted by Gasteiger charge is -2.41. The van der Waals surface area contributed by atoms with Crippen LogP contribution in [0, 0.1) is 19.7 Å². The highest BCUT2D eigenvalue weighted by Gasteiger charge is 2.43. The van der Waals surface area contributed by atoms with E-state index in [1.54, 1.807) is 38.9 Å². The van der Waals surface area contributed by atoms with Gasteiger partial charge in [0, 0.05) is 126 Å². The first-order valence-corrected chi connectivity index (χ1v) is 44.1. The number of likely N-dealkylation sites (tertiary alicyclic amines) is 3. The molecule has 9 aliphatic rings. The predicted molar refractivity (Wildman–Crippen MR) is 480 cm³/mol. The van der Waals surface area contributed by atoms with Crippen LogP contribution in [0.3, 0.4) is 0 Å². The van der Waals surface area contributed by atoms with E-state index in [1.807, 2.05) is 55.4 Å². The van der Waals surface area contributed by atoms with Gasteiger partial charge >= 0.3 is 24.2 Å². The second-order valence-corrected chi connectivity index (χ2v) is 34.6. The van der Waals surface area contributed by atoms with Crippen LogP contribution in [-0.4, -0.2) is 305 Å². The first-order valence-electron chi connectivity index (χ1n) is 42.6. The molecule has 0 aliphatic carbocycles. The molecule has 3 aromatic carbocycles. The van der Waals surface area contributed by atoms with Crippen molar-refractivity contribution in [2.75, 3.05) is 216 Å². The summed E-state index contributed by atoms with van der Waals surface area (Å²) in [6, 6.07) is 16.6. The minimum absolute atomic E-state index is 0.00688. The minimum atomic E-state index is -4.62. The van der Waals surface area contributed by atoms with E-state index in [9.17, 15) is 27.6 Å². The Morgan fingerprint density at radius 2 is 0.856 bits per heavy atom. The number of anilines is 6. The van der Waals surface area contributed by atoms with Crippen LogP contribution in [0.4, 0.5) is 47.7 Å². The molecule has 0 unspecified atom stereocenters. The van der Waals surface area contributed by atoms with Crippen molar-refractivity contribution < 1.29 is 46.5 Å². The molecule has 125 heavy (non-hydrogen) atoms. The summed E-state index contributed by atoms with van der Waals surface area (Å²) < 4.78 is 66.5. The number of benzene rings is 3. The molecule has 6 aromatic rings. The van der Waals surface area contributed by atoms with Gasteiger partial charge in [-0.15, -0.1) is 0 Å². The van der Waals surface area contributed by atoms with E-state index in [2.05, 4.69) is 88.0 Å². The highest BCUT2D eigenvalue weighted by atomic mass is 35.5. The maximum atomic E-state index is 14.1. The van der Waals surface area contributed by atoms with Gasteiger partial charge in [-0.1, -0.05) is 83.8 Å². The van der Waals surface area contributed by atoms with E-state index in [1.165, 1.54) is 30.4 Å². The molecule has 9 aliphatic heterocycles. The van der Waals surface area contributed by atoms with Crippen molar-refractivity contribution in [1.82, 2.24) is 64.2 Å². The van der Waals surface area contributed by atoms with Crippen molar-refractivity contribution >= 4 is 98.6 Å². The summed E-state index contributed by atoms with van der Waals surface area (Å²) in [5.41, 5.74) is 6.30. The lowest BCUT2D eigenvalue weighted by atomic mass is 10.0. The number of fused-ring (bicyclic) bond motifs is 3. The Labute approximate surface area is 750 Å². The molecule has 3 amide bonds. The van der Waals surface area contributed by atoms with Gasteiger partial charge in [-0.2, -0.15) is 43.1 Å². The molecular formula is C89H109Cl4F3N22O7. The zero-order valence-electron chi connectivity index (χ0n) is 71.8. The molecule has 6 saturated heterocycles. The Bertz CT molecular complexity index is 5040. The third kappa shape index (κ3) is 22.1. The van der Waals surface area contributed by atoms with E-state index in [0.29, 0.717) is 168 Å². The van der Waals surface area contributed by atoms with Gasteiger partial charge < -0.3 is 97.2 Å². The Kier molecular flexibility index (Phi) is 31.4. The molecule has 12 heterocycles. The van der Waals surface area contributed by atoms with Crippen LogP contribution in [0.5, 0.6) is 23.8 Å². The standard InChI is InChI=1S/C32H40ClF3N8O2.C29H36ClN7O3.C28H33Cl2N7O2/c1-37-18-23-19-43(16-17-44(23)28(45)11-7-13-40(2)3)30-24-12-15-42(27-10-5-9-25(33)29(27)32(34,35)36)20-26(24)38-31(39-30)46-21-22-8-6-14-41(22)4;1-5-26(38)37-15-14-36(17-21(37)16-31-2)28-22-11-13-35(25-10-6-9-23(30)27(25)39-4)18-24(22)32-29(33-28)40-19-20-8-7-12-34(20)3;1-4-25(38)37-14-13-36(16-20(37)15-31-2)27-21-10-12-35(24-9-5-8-22(29)26(24)30)17-23(21)32-28(33-27)39-18-19-7-6-11-34(19)3/h5,7,9-11,22-23H,6,8,12-21H2,2-4H3;5-6,9-10,20-21H,1,7-8,11-19H2,3-4H3;4-5,8-9,19-20H,1,6-7,10-18H2,3H3/b11-7+;;/t22-,23+;20-,21-;19-,20-/m100/s1. The van der Waals surface area contributed by atoms with E-state index < -0.39 is 11.7 Å². The largest absolute Gasteiger partial charge is 0.493 e. The van der Waals surface area contributed by atoms with Crippen molar-refractivity contribution in [2.24, 2.45) is 0 Å². The number of carbonyl (C=O) groups is 3. The number of nitrogens with zero attached hydrogens (tertiary/aromatic N) is 22. The zero-order valence-corrected chi connectivity index (χ0v) is 74.8. The topological polar surface area (TPSA) is 221 Å². The molecule has 0 N–H and O–H groups in total. The van der Waals surface area contributed by atoms with Crippen molar-refractivity contribution in [2.45, 2.75) is 120 Å². The van der Waals surface area contributed by atoms with Crippen LogP contribution in [0.15, 0.2) is 92.1 Å². The number of carbonyl (C=O) groups excluding carboxylic acids is 3. The quantitative estimate of drug-likeness (QED) is 0.0406. The monoisotopic (exact) mass is 1790 g/mol. The molecule has 29 nitrogen and oxygen atoms in total. The van der Waals surface area contributed by atoms with E-state index in [0.717, 1.165) is 135 Å². The Morgan fingerprint density at radius 3 is 1.22 bits per heavy atom. The van der Waals surface area contributed by atoms with Gasteiger partial charge in [-0.3, -0.25) is 14.4 Å². The van der Waals surface area contributed by atoms with Crippen molar-refractivity contribution in [1.29, 1.82) is 0 Å². The molecule has 6 fully saturated rings. The number of ether oxygens (including phenoxy) is 4. The Balaban J connectivity index is 0.000000162. The average molecular weight is 1800 g/mol. The summed E-state index contributed by atoms with van der Waals surface area (Å²) in [6.45, 7) is 43.0. The maximum Gasteiger partial charge on any atom is 0.419 e. The normalized spacial score (nSPS) is 21.1. The maximum absolute atomic E-state index is 14.1. The molecule has 3 aromatic heterocycles. The van der Waals surface area contributed by atoms with Gasteiger partial charge in [0.05, 0.1) is 86.5 Å². The number of aromatic nitrogens is 6. The van der Waals surface area contributed by atoms with Gasteiger partial charge in [0.1, 0.15) is 55.4 Å². The lowest BCUT2D eigenvalue weighted by Crippen LogP contribution is -2.56. The highest BCUT2D eigenvalue weighted by Crippen LogP contribution is 2.45. The Morgan fingerprint density at radius 1 is 0.488 bits per heavy atom. The van der Waals surface area contributed by atoms with Crippen molar-refractivity contribution in [3.63, 3.8) is 0 Å². The number of amides is 3. The van der Waals surface area contributed by atoms with Gasteiger partial charge in [-0.25, -0.2) is 19.7 Å². The number of halogens is 7. The molecule has 0 radical (unpaired) electrons. The van der Waals surface area contributed by atoms with Crippen LogP contribution in [0.1, 0.15) is 77.9 Å². The van der Waals surface area contributed by atoms with Crippen molar-refractivity contribution in [3.8, 4) is 23.8 Å². The SMILES string of the molecule is [C-]#[N+]C[C@H]1CN(c2nc(OC[C@@H]3CCCN3C)nc3c2CCN(c2cccc(Cl)c2Cl)C3)CCN1C(=O)C=C.[C-]#[N+]C[C@H]1CN(c2nc(OC[C@@H]3CCCN3C)nc3c2CCN(c2cccc(Cl)c2OC)C3)CCN1C(=O)C=C.[C-]#[N+]C[C@H]1CN(c2nc(OC[C@H]3CCCN3C)nc3c2CCN(c2cccc(Cl)c2C(F)(F)F)C3)CCN1C(=O)/C=C/CN(C)C. The fraction of sp³-hybridized carbons (Fsp3) is 0.528. The van der Waals surface area contributed by atoms with E-state index >= 15 is 0 Å². The molecule has 15 rings (SSSR count). The second kappa shape index (κ2) is 42.4. The minimum Gasteiger partial charge on any atom is -0.493 e. The molecule has 36 heteroatoms. The molecule has 0 bridgehead atoms. The number of hydrogen-bond acceptors (Lipinski definition) is 23. The fourth-order valence-electron chi connectivity index (χ4n) is 18.1. The van der Waals surface area contributed by atoms with Crippen LogP contribution >= 0.6 is 46.4 Å². The van der Waals surface area contributed by atoms with Crippen molar-refractivity contribution in [3.05, 3.63) is 186 Å². The zero-order chi connectivity index (χ0) is 88.8. The summed E-state index contributed by atoms with van der Waals surface area (Å²) in [5.74, 6) is 2.52. The molecular weight excluding hydrogens is 1690 g/mol. The predicted octanol–water partition coefficient (Wildman–Crippen LogP) is 11.5. The van der Waals surface area contributed by atoms with Crippen LogP contribution < -0.4 is 48.3 Å². The molecule has 0 saturated carbocycles. The van der Waals surface area contributed by atoms with Crippen LogP contribution in [0.2, 0.25) is 20.1 Å². The van der Waals surface area contributed by atoms with Gasteiger partial charge in [0.15, 0.2) is 5.75 Å². The summed E-state index contributed by atoms with van der Waals surface area (Å²) >= 11 is 25.4. The number of alkyl halides is 3. The summed E-state index contributed by atoms with van der Waals surface area (Å²) in [5, 5.41) is 1.27.